The number of nitrogen functional groups attached to an aromatic ring is 1. The number of nitrogens with two attached hydrogens (primary N) is 1. The lowest BCUT2D eigenvalue weighted by Gasteiger charge is -2.29. The van der Waals surface area contributed by atoms with Gasteiger partial charge in [-0.3, -0.25) is 0 Å². The molecule has 1 heterocycles. The molecule has 4 aromatic rings. The second-order valence-electron chi connectivity index (χ2n) is 6.77. The Bertz CT molecular complexity index is 1130. The monoisotopic (exact) mass is 340 g/mol. The van der Waals surface area contributed by atoms with Crippen molar-refractivity contribution in [1.82, 2.24) is 4.98 Å². The number of hydrogen-bond donors (Lipinski definition) is 1. The molecule has 26 heavy (non-hydrogen) atoms. The van der Waals surface area contributed by atoms with Gasteiger partial charge in [0.05, 0.1) is 5.69 Å². The highest BCUT2D eigenvalue weighted by Crippen LogP contribution is 2.45. The molecule has 1 atom stereocenters. The Morgan fingerprint density at radius 3 is 2.35 bits per heavy atom. The lowest BCUT2D eigenvalue weighted by atomic mass is 9.76. The van der Waals surface area contributed by atoms with E-state index in [1.54, 1.807) is 0 Å². The predicted octanol–water partition coefficient (Wildman–Crippen LogP) is 5.31. The highest BCUT2D eigenvalue weighted by Gasteiger charge is 2.29. The van der Waals surface area contributed by atoms with Crippen molar-refractivity contribution >= 4 is 16.6 Å². The number of anilines is 1. The normalized spacial score (nSPS) is 15.5. The number of hydrogen-bond acceptors (Lipinski definition) is 2. The van der Waals surface area contributed by atoms with Crippen molar-refractivity contribution in [3.63, 3.8) is 0 Å². The number of benzene rings is 3. The van der Waals surface area contributed by atoms with Crippen LogP contribution in [-0.2, 0) is 6.42 Å². The first-order chi connectivity index (χ1) is 12.7. The van der Waals surface area contributed by atoms with E-state index in [0.717, 1.165) is 34.0 Å². The smallest absolute Gasteiger partial charge is 0.131 e. The fourth-order valence-electron chi connectivity index (χ4n) is 4.10. The number of rotatable bonds is 1. The van der Waals surface area contributed by atoms with Crippen LogP contribution in [-0.4, -0.2) is 4.98 Å². The zero-order valence-electron chi connectivity index (χ0n) is 14.1. The lowest BCUT2D eigenvalue weighted by molar-refractivity contribution is 0.626. The molecule has 0 radical (unpaired) electrons. The molecule has 0 amide bonds. The average Bonchev–Trinajstić information content (AvgIpc) is 2.68. The van der Waals surface area contributed by atoms with Gasteiger partial charge in [-0.15, -0.1) is 0 Å². The van der Waals surface area contributed by atoms with Crippen LogP contribution in [0.15, 0.2) is 72.8 Å². The van der Waals surface area contributed by atoms with Crippen LogP contribution in [0.1, 0.15) is 22.6 Å². The zero-order chi connectivity index (χ0) is 17.7. The molecule has 0 aliphatic heterocycles. The van der Waals surface area contributed by atoms with Gasteiger partial charge in [0.2, 0.25) is 0 Å². The summed E-state index contributed by atoms with van der Waals surface area (Å²) in [6, 6.07) is 23.3. The maximum absolute atomic E-state index is 13.5. The van der Waals surface area contributed by atoms with Gasteiger partial charge in [0.1, 0.15) is 11.6 Å². The van der Waals surface area contributed by atoms with Crippen LogP contribution in [0.5, 0.6) is 0 Å². The minimum atomic E-state index is -0.217. The van der Waals surface area contributed by atoms with Crippen LogP contribution in [0.25, 0.3) is 22.0 Å². The van der Waals surface area contributed by atoms with Gasteiger partial charge >= 0.3 is 0 Å². The number of aromatic nitrogens is 1. The summed E-state index contributed by atoms with van der Waals surface area (Å²) >= 11 is 0. The minimum Gasteiger partial charge on any atom is -0.383 e. The van der Waals surface area contributed by atoms with E-state index in [1.807, 2.05) is 36.4 Å². The summed E-state index contributed by atoms with van der Waals surface area (Å²) in [6.07, 6.45) is 0.865. The molecule has 0 saturated carbocycles. The van der Waals surface area contributed by atoms with Crippen LogP contribution in [0, 0.1) is 5.82 Å². The zero-order valence-corrected chi connectivity index (χ0v) is 14.1. The van der Waals surface area contributed by atoms with Gasteiger partial charge in [0, 0.05) is 16.9 Å². The number of fused-ring (bicyclic) bond motifs is 5. The molecule has 1 aliphatic carbocycles. The van der Waals surface area contributed by atoms with E-state index in [0.29, 0.717) is 5.82 Å². The summed E-state index contributed by atoms with van der Waals surface area (Å²) in [5, 5.41) is 2.09. The van der Waals surface area contributed by atoms with Gasteiger partial charge in [0.15, 0.2) is 0 Å². The van der Waals surface area contributed by atoms with Crippen LogP contribution in [0.2, 0.25) is 0 Å². The van der Waals surface area contributed by atoms with Crippen molar-refractivity contribution in [2.45, 2.75) is 12.3 Å². The Balaban J connectivity index is 1.86. The van der Waals surface area contributed by atoms with Crippen LogP contribution < -0.4 is 5.73 Å². The molecule has 1 aliphatic rings. The first-order valence-electron chi connectivity index (χ1n) is 8.74. The number of pyridine rings is 1. The van der Waals surface area contributed by atoms with Crippen molar-refractivity contribution < 1.29 is 4.39 Å². The molecule has 0 spiro atoms. The van der Waals surface area contributed by atoms with Crippen molar-refractivity contribution in [3.8, 4) is 11.3 Å². The summed E-state index contributed by atoms with van der Waals surface area (Å²) in [4.78, 5) is 4.78. The van der Waals surface area contributed by atoms with E-state index in [-0.39, 0.29) is 11.7 Å². The van der Waals surface area contributed by atoms with Crippen molar-refractivity contribution in [2.24, 2.45) is 0 Å². The van der Waals surface area contributed by atoms with E-state index in [2.05, 4.69) is 24.3 Å². The first-order valence-corrected chi connectivity index (χ1v) is 8.74. The van der Waals surface area contributed by atoms with Crippen molar-refractivity contribution in [3.05, 3.63) is 95.3 Å². The Hall–Kier alpha value is -3.20. The fraction of sp³-hybridized carbons (Fsp3) is 0.0870. The molecule has 2 N–H and O–H groups in total. The third kappa shape index (κ3) is 2.21. The second kappa shape index (κ2) is 5.67. The molecule has 126 valence electrons. The quantitative estimate of drug-likeness (QED) is 0.510. The Kier molecular flexibility index (Phi) is 3.29. The summed E-state index contributed by atoms with van der Waals surface area (Å²) in [5.41, 5.74) is 11.9. The van der Waals surface area contributed by atoms with Gasteiger partial charge in [-0.2, -0.15) is 0 Å². The summed E-state index contributed by atoms with van der Waals surface area (Å²) in [7, 11) is 0. The number of halogens is 1. The molecular formula is C23H17FN2. The molecule has 3 heteroatoms. The van der Waals surface area contributed by atoms with Crippen LogP contribution in [0.3, 0.4) is 0 Å². The van der Waals surface area contributed by atoms with Gasteiger partial charge < -0.3 is 5.73 Å². The van der Waals surface area contributed by atoms with E-state index in [1.165, 1.54) is 23.3 Å². The van der Waals surface area contributed by atoms with Gasteiger partial charge in [0.25, 0.3) is 0 Å². The Morgan fingerprint density at radius 1 is 0.846 bits per heavy atom. The first kappa shape index (κ1) is 15.1. The third-order valence-corrected chi connectivity index (χ3v) is 5.30. The molecule has 2 nitrogen and oxygen atoms in total. The van der Waals surface area contributed by atoms with Crippen molar-refractivity contribution in [2.75, 3.05) is 5.73 Å². The fourth-order valence-corrected chi connectivity index (χ4v) is 4.10. The largest absolute Gasteiger partial charge is 0.383 e. The lowest BCUT2D eigenvalue weighted by Crippen LogP contribution is -2.15. The van der Waals surface area contributed by atoms with Crippen LogP contribution >= 0.6 is 0 Å². The summed E-state index contributed by atoms with van der Waals surface area (Å²) in [5.74, 6) is 0.456. The van der Waals surface area contributed by atoms with E-state index >= 15 is 0 Å². The third-order valence-electron chi connectivity index (χ3n) is 5.30. The van der Waals surface area contributed by atoms with Gasteiger partial charge in [-0.1, -0.05) is 60.7 Å². The molecular weight excluding hydrogens is 323 g/mol. The Labute approximate surface area is 151 Å². The Morgan fingerprint density at radius 2 is 1.54 bits per heavy atom. The van der Waals surface area contributed by atoms with E-state index < -0.39 is 0 Å². The van der Waals surface area contributed by atoms with Crippen LogP contribution in [0.4, 0.5) is 10.2 Å². The topological polar surface area (TPSA) is 38.9 Å². The maximum Gasteiger partial charge on any atom is 0.131 e. The van der Waals surface area contributed by atoms with Gasteiger partial charge in [-0.25, -0.2) is 9.37 Å². The highest BCUT2D eigenvalue weighted by molar-refractivity contribution is 5.98. The summed E-state index contributed by atoms with van der Waals surface area (Å²) in [6.45, 7) is 0. The number of nitrogens with zero attached hydrogens (tertiary/aromatic N) is 1. The SMILES string of the molecule is Nc1nc2c(c3ccccc13)C(c1ccc(F)cc1)Cc1ccccc1-2. The predicted molar refractivity (Wildman–Crippen MR) is 104 cm³/mol. The molecule has 3 aromatic carbocycles. The minimum absolute atomic E-state index is 0.124. The van der Waals surface area contributed by atoms with E-state index in [4.69, 9.17) is 10.7 Å². The maximum atomic E-state index is 13.5. The molecule has 0 fully saturated rings. The van der Waals surface area contributed by atoms with Gasteiger partial charge in [-0.05, 0) is 40.6 Å². The van der Waals surface area contributed by atoms with Crippen molar-refractivity contribution in [1.29, 1.82) is 0 Å². The molecule has 1 aromatic heterocycles. The molecule has 1 unspecified atom stereocenters. The standard InChI is InChI=1S/C23H17FN2/c24-16-11-9-14(10-12-16)20-13-15-5-1-2-6-17(15)22-21(20)18-7-3-4-8-19(18)23(25)26-22/h1-12,20H,13H2,(H2,25,26). The second-order valence-corrected chi connectivity index (χ2v) is 6.77. The summed E-state index contributed by atoms with van der Waals surface area (Å²) < 4.78 is 13.5. The van der Waals surface area contributed by atoms with E-state index in [9.17, 15) is 4.39 Å². The average molecular weight is 340 g/mol. The molecule has 0 saturated heterocycles. The highest BCUT2D eigenvalue weighted by atomic mass is 19.1. The molecule has 5 rings (SSSR count). The molecule has 0 bridgehead atoms.